The molecule has 0 radical (unpaired) electrons. The fourth-order valence-corrected chi connectivity index (χ4v) is 4.94. The van der Waals surface area contributed by atoms with E-state index in [9.17, 15) is 0 Å². The van der Waals surface area contributed by atoms with Gasteiger partial charge in [0.1, 0.15) is 0 Å². The molecule has 1 heteroatoms. The van der Waals surface area contributed by atoms with Gasteiger partial charge >= 0.3 is 0 Å². The Kier molecular flexibility index (Phi) is 2.17. The standard InChI is InChI=1S/C18H23N/c1-17(2,3)18-10-11-19-16(18)14-9-8-12(14)13-6-4-5-7-15(13)18/h4-9,12,14,16,19H,10-11H2,1-3H3/t12?,14?,16-,18-/m0/s1. The average molecular weight is 253 g/mol. The van der Waals surface area contributed by atoms with Crippen molar-refractivity contribution in [1.82, 2.24) is 5.32 Å². The van der Waals surface area contributed by atoms with Crippen LogP contribution < -0.4 is 5.32 Å². The minimum Gasteiger partial charge on any atom is -0.312 e. The lowest BCUT2D eigenvalue weighted by molar-refractivity contribution is 0.114. The summed E-state index contributed by atoms with van der Waals surface area (Å²) in [7, 11) is 0. The van der Waals surface area contributed by atoms with E-state index in [1.54, 1.807) is 11.1 Å². The zero-order valence-electron chi connectivity index (χ0n) is 12.1. The average Bonchev–Trinajstić information content (AvgIpc) is 2.73. The van der Waals surface area contributed by atoms with Crippen molar-refractivity contribution in [1.29, 1.82) is 0 Å². The molecule has 3 aliphatic rings. The zero-order valence-corrected chi connectivity index (χ0v) is 12.1. The Morgan fingerprint density at radius 1 is 1.16 bits per heavy atom. The van der Waals surface area contributed by atoms with Gasteiger partial charge < -0.3 is 5.32 Å². The number of benzene rings is 1. The first kappa shape index (κ1) is 11.7. The third-order valence-electron chi connectivity index (χ3n) is 5.89. The van der Waals surface area contributed by atoms with E-state index in [0.29, 0.717) is 28.7 Å². The van der Waals surface area contributed by atoms with E-state index in [1.165, 1.54) is 6.42 Å². The van der Waals surface area contributed by atoms with Crippen LogP contribution in [0.15, 0.2) is 36.4 Å². The molecule has 0 saturated carbocycles. The molecule has 1 N–H and O–H groups in total. The zero-order chi connectivity index (χ0) is 13.3. The Morgan fingerprint density at radius 3 is 2.63 bits per heavy atom. The highest BCUT2D eigenvalue weighted by molar-refractivity contribution is 5.51. The van der Waals surface area contributed by atoms with Crippen molar-refractivity contribution in [3.05, 3.63) is 47.5 Å². The first-order chi connectivity index (χ1) is 9.06. The second-order valence-electron chi connectivity index (χ2n) is 7.48. The Hall–Kier alpha value is -1.08. The third kappa shape index (κ3) is 1.25. The lowest BCUT2D eigenvalue weighted by Gasteiger charge is -2.56. The number of hydrogen-bond acceptors (Lipinski definition) is 1. The second-order valence-corrected chi connectivity index (χ2v) is 7.48. The first-order valence-corrected chi connectivity index (χ1v) is 7.57. The Morgan fingerprint density at radius 2 is 1.95 bits per heavy atom. The lowest BCUT2D eigenvalue weighted by Crippen LogP contribution is -2.58. The van der Waals surface area contributed by atoms with Crippen LogP contribution in [0.4, 0.5) is 0 Å². The van der Waals surface area contributed by atoms with Crippen LogP contribution in [0, 0.1) is 11.3 Å². The fourth-order valence-electron chi connectivity index (χ4n) is 4.94. The molecule has 19 heavy (non-hydrogen) atoms. The summed E-state index contributed by atoms with van der Waals surface area (Å²) in [6.07, 6.45) is 6.11. The van der Waals surface area contributed by atoms with Crippen LogP contribution in [-0.2, 0) is 5.41 Å². The van der Waals surface area contributed by atoms with E-state index in [0.717, 1.165) is 6.54 Å². The topological polar surface area (TPSA) is 12.0 Å². The summed E-state index contributed by atoms with van der Waals surface area (Å²) in [6.45, 7) is 8.43. The van der Waals surface area contributed by atoms with Crippen LogP contribution >= 0.6 is 0 Å². The van der Waals surface area contributed by atoms with Gasteiger partial charge in [0.15, 0.2) is 0 Å². The van der Waals surface area contributed by atoms with Crippen LogP contribution in [0.5, 0.6) is 0 Å². The molecular formula is C18H23N. The molecule has 0 bridgehead atoms. The van der Waals surface area contributed by atoms with Crippen LogP contribution in [0.25, 0.3) is 0 Å². The van der Waals surface area contributed by atoms with E-state index < -0.39 is 0 Å². The maximum Gasteiger partial charge on any atom is 0.0241 e. The number of fused-ring (bicyclic) bond motifs is 6. The van der Waals surface area contributed by atoms with Gasteiger partial charge in [-0.3, -0.25) is 0 Å². The molecule has 4 atom stereocenters. The largest absolute Gasteiger partial charge is 0.312 e. The molecule has 1 fully saturated rings. The summed E-state index contributed by atoms with van der Waals surface area (Å²) < 4.78 is 0. The van der Waals surface area contributed by atoms with Gasteiger partial charge in [-0.05, 0) is 29.5 Å². The molecule has 0 aromatic heterocycles. The van der Waals surface area contributed by atoms with E-state index >= 15 is 0 Å². The van der Waals surface area contributed by atoms with Crippen molar-refractivity contribution in [2.45, 2.75) is 44.6 Å². The molecular weight excluding hydrogens is 230 g/mol. The van der Waals surface area contributed by atoms with Crippen molar-refractivity contribution in [2.24, 2.45) is 11.3 Å². The number of rotatable bonds is 0. The van der Waals surface area contributed by atoms with Gasteiger partial charge in [0.2, 0.25) is 0 Å². The van der Waals surface area contributed by atoms with Crippen molar-refractivity contribution in [2.75, 3.05) is 6.54 Å². The first-order valence-electron chi connectivity index (χ1n) is 7.57. The van der Waals surface area contributed by atoms with Crippen LogP contribution in [0.1, 0.15) is 44.2 Å². The molecule has 1 saturated heterocycles. The third-order valence-corrected chi connectivity index (χ3v) is 5.89. The summed E-state index contributed by atoms with van der Waals surface area (Å²) in [6, 6.07) is 9.81. The number of nitrogens with one attached hydrogen (secondary N) is 1. The maximum absolute atomic E-state index is 3.83. The molecule has 100 valence electrons. The molecule has 2 unspecified atom stereocenters. The quantitative estimate of drug-likeness (QED) is 0.696. The van der Waals surface area contributed by atoms with E-state index in [1.807, 2.05) is 0 Å². The van der Waals surface area contributed by atoms with Gasteiger partial charge in [0, 0.05) is 23.3 Å². The summed E-state index contributed by atoms with van der Waals surface area (Å²) in [5.41, 5.74) is 3.80. The van der Waals surface area contributed by atoms with Gasteiger partial charge in [-0.2, -0.15) is 0 Å². The van der Waals surface area contributed by atoms with Crippen molar-refractivity contribution in [3.63, 3.8) is 0 Å². The van der Waals surface area contributed by atoms with Gasteiger partial charge in [0.25, 0.3) is 0 Å². The van der Waals surface area contributed by atoms with Gasteiger partial charge in [-0.1, -0.05) is 57.2 Å². The molecule has 1 heterocycles. The van der Waals surface area contributed by atoms with Crippen molar-refractivity contribution >= 4 is 0 Å². The van der Waals surface area contributed by atoms with E-state index in [4.69, 9.17) is 0 Å². The SMILES string of the molecule is CC(C)(C)[C@]12CCN[C@H]1C1C=CC1c1ccccc12. The maximum atomic E-state index is 3.83. The predicted octanol–water partition coefficient (Wildman–Crippen LogP) is 3.62. The highest BCUT2D eigenvalue weighted by atomic mass is 15.0. The molecule has 1 aromatic rings. The highest BCUT2D eigenvalue weighted by Crippen LogP contribution is 2.60. The minimum absolute atomic E-state index is 0.297. The monoisotopic (exact) mass is 253 g/mol. The van der Waals surface area contributed by atoms with E-state index in [2.05, 4.69) is 62.5 Å². The molecule has 0 amide bonds. The summed E-state index contributed by atoms with van der Waals surface area (Å²) >= 11 is 0. The Labute approximate surface area is 116 Å². The molecule has 1 aromatic carbocycles. The normalized spacial score (nSPS) is 39.2. The summed E-state index contributed by atoms with van der Waals surface area (Å²) in [4.78, 5) is 0. The molecule has 0 spiro atoms. The van der Waals surface area contributed by atoms with Crippen molar-refractivity contribution in [3.8, 4) is 0 Å². The molecule has 4 rings (SSSR count). The minimum atomic E-state index is 0.297. The van der Waals surface area contributed by atoms with Gasteiger partial charge in [-0.25, -0.2) is 0 Å². The summed E-state index contributed by atoms with van der Waals surface area (Å²) in [5, 5.41) is 3.83. The fraction of sp³-hybridized carbons (Fsp3) is 0.556. The molecule has 1 nitrogen and oxygen atoms in total. The predicted molar refractivity (Wildman–Crippen MR) is 79.4 cm³/mol. The summed E-state index contributed by atoms with van der Waals surface area (Å²) in [5.74, 6) is 1.36. The number of allylic oxidation sites excluding steroid dienone is 1. The van der Waals surface area contributed by atoms with Crippen LogP contribution in [0.3, 0.4) is 0 Å². The van der Waals surface area contributed by atoms with Gasteiger partial charge in [0.05, 0.1) is 0 Å². The molecule has 2 aliphatic carbocycles. The number of hydrogen-bond donors (Lipinski definition) is 1. The Balaban J connectivity index is 2.01. The smallest absolute Gasteiger partial charge is 0.0241 e. The van der Waals surface area contributed by atoms with Crippen molar-refractivity contribution < 1.29 is 0 Å². The lowest BCUT2D eigenvalue weighted by atomic mass is 9.49. The van der Waals surface area contributed by atoms with Crippen LogP contribution in [0.2, 0.25) is 0 Å². The van der Waals surface area contributed by atoms with Crippen LogP contribution in [-0.4, -0.2) is 12.6 Å². The second kappa shape index (κ2) is 3.52. The van der Waals surface area contributed by atoms with E-state index in [-0.39, 0.29) is 0 Å². The molecule has 1 aliphatic heterocycles. The highest BCUT2D eigenvalue weighted by Gasteiger charge is 2.59. The van der Waals surface area contributed by atoms with Gasteiger partial charge in [-0.15, -0.1) is 0 Å². The Bertz CT molecular complexity index is 551.